The molecule has 3 rings (SSSR count). The lowest BCUT2D eigenvalue weighted by Crippen LogP contribution is -1.83. The van der Waals surface area contributed by atoms with Crippen LogP contribution >= 0.6 is 0 Å². The summed E-state index contributed by atoms with van der Waals surface area (Å²) >= 11 is 0. The summed E-state index contributed by atoms with van der Waals surface area (Å²) in [7, 11) is 2.07. The predicted octanol–water partition coefficient (Wildman–Crippen LogP) is 3.43. The van der Waals surface area contributed by atoms with Gasteiger partial charge in [-0.1, -0.05) is 30.3 Å². The monoisotopic (exact) mass is 222 g/mol. The van der Waals surface area contributed by atoms with Crippen LogP contribution in [0.5, 0.6) is 0 Å². The maximum atomic E-state index is 5.72. The number of nitrogens with zero attached hydrogens (tertiary/aromatic N) is 1. The van der Waals surface area contributed by atoms with Gasteiger partial charge in [0.25, 0.3) is 0 Å². The van der Waals surface area contributed by atoms with Crippen molar-refractivity contribution in [1.29, 1.82) is 0 Å². The van der Waals surface area contributed by atoms with E-state index in [0.717, 1.165) is 5.69 Å². The predicted molar refractivity (Wildman–Crippen MR) is 72.8 cm³/mol. The van der Waals surface area contributed by atoms with Crippen LogP contribution in [0.4, 0.5) is 5.69 Å². The van der Waals surface area contributed by atoms with Crippen LogP contribution in [0.3, 0.4) is 0 Å². The number of anilines is 1. The molecule has 2 aromatic carbocycles. The molecule has 0 unspecified atom stereocenters. The number of nitrogens with two attached hydrogens (primary N) is 1. The highest BCUT2D eigenvalue weighted by molar-refractivity contribution is 5.96. The van der Waals surface area contributed by atoms with E-state index in [1.807, 2.05) is 12.1 Å². The van der Waals surface area contributed by atoms with Gasteiger partial charge in [0, 0.05) is 35.4 Å². The first kappa shape index (κ1) is 9.97. The van der Waals surface area contributed by atoms with Gasteiger partial charge in [0.15, 0.2) is 0 Å². The van der Waals surface area contributed by atoms with Crippen LogP contribution in [0.25, 0.3) is 22.0 Å². The molecule has 84 valence electrons. The van der Waals surface area contributed by atoms with Crippen LogP contribution in [0.2, 0.25) is 0 Å². The van der Waals surface area contributed by atoms with Gasteiger partial charge in [-0.05, 0) is 23.8 Å². The standard InChI is InChI=1S/C15H14N2/c1-17-10-14(11-6-8-12(16)9-7-11)13-4-2-3-5-15(13)17/h2-10H,16H2,1H3. The Morgan fingerprint density at radius 1 is 0.941 bits per heavy atom. The van der Waals surface area contributed by atoms with Gasteiger partial charge in [0.2, 0.25) is 0 Å². The number of hydrogen-bond donors (Lipinski definition) is 1. The number of para-hydroxylation sites is 1. The minimum Gasteiger partial charge on any atom is -0.399 e. The normalized spacial score (nSPS) is 10.9. The molecule has 0 fully saturated rings. The van der Waals surface area contributed by atoms with Crippen molar-refractivity contribution in [1.82, 2.24) is 4.57 Å². The molecule has 0 saturated heterocycles. The Hall–Kier alpha value is -2.22. The van der Waals surface area contributed by atoms with Crippen molar-refractivity contribution in [3.05, 3.63) is 54.7 Å². The van der Waals surface area contributed by atoms with Crippen LogP contribution in [-0.4, -0.2) is 4.57 Å². The Labute approximate surface area is 100 Å². The number of fused-ring (bicyclic) bond motifs is 1. The van der Waals surface area contributed by atoms with Crippen molar-refractivity contribution in [2.75, 3.05) is 5.73 Å². The number of rotatable bonds is 1. The molecule has 0 atom stereocenters. The highest BCUT2D eigenvalue weighted by Gasteiger charge is 2.07. The van der Waals surface area contributed by atoms with Gasteiger partial charge in [-0.2, -0.15) is 0 Å². The third kappa shape index (κ3) is 1.58. The number of nitrogen functional groups attached to an aromatic ring is 1. The maximum Gasteiger partial charge on any atom is 0.0484 e. The molecule has 0 aliphatic rings. The highest BCUT2D eigenvalue weighted by atomic mass is 14.9. The van der Waals surface area contributed by atoms with Crippen LogP contribution in [0.1, 0.15) is 0 Å². The first-order valence-corrected chi connectivity index (χ1v) is 5.66. The molecule has 0 amide bonds. The summed E-state index contributed by atoms with van der Waals surface area (Å²) in [5.74, 6) is 0. The van der Waals surface area contributed by atoms with Crippen LogP contribution in [-0.2, 0) is 7.05 Å². The number of aromatic nitrogens is 1. The zero-order valence-electron chi connectivity index (χ0n) is 9.72. The summed E-state index contributed by atoms with van der Waals surface area (Å²) in [6.45, 7) is 0. The van der Waals surface area contributed by atoms with Crippen molar-refractivity contribution in [3.63, 3.8) is 0 Å². The largest absolute Gasteiger partial charge is 0.399 e. The van der Waals surface area contributed by atoms with Crippen LogP contribution in [0, 0.1) is 0 Å². The minimum atomic E-state index is 0.800. The molecule has 3 aromatic rings. The summed E-state index contributed by atoms with van der Waals surface area (Å²) in [4.78, 5) is 0. The van der Waals surface area contributed by atoms with E-state index in [2.05, 4.69) is 54.2 Å². The fraction of sp³-hybridized carbons (Fsp3) is 0.0667. The quantitative estimate of drug-likeness (QED) is 0.628. The molecule has 2 N–H and O–H groups in total. The maximum absolute atomic E-state index is 5.72. The molecule has 0 spiro atoms. The molecule has 0 bridgehead atoms. The molecule has 0 aliphatic carbocycles. The highest BCUT2D eigenvalue weighted by Crippen LogP contribution is 2.30. The molecule has 1 heterocycles. The minimum absolute atomic E-state index is 0.800. The van der Waals surface area contributed by atoms with Crippen molar-refractivity contribution < 1.29 is 0 Å². The SMILES string of the molecule is Cn1cc(-c2ccc(N)cc2)c2ccccc21. The molecular formula is C15H14N2. The number of benzene rings is 2. The van der Waals surface area contributed by atoms with Crippen molar-refractivity contribution in [2.24, 2.45) is 7.05 Å². The summed E-state index contributed by atoms with van der Waals surface area (Å²) in [6, 6.07) is 16.4. The zero-order valence-corrected chi connectivity index (χ0v) is 9.72. The van der Waals surface area contributed by atoms with E-state index in [0.29, 0.717) is 0 Å². The molecule has 1 aromatic heterocycles. The summed E-state index contributed by atoms with van der Waals surface area (Å²) in [6.07, 6.45) is 2.16. The van der Waals surface area contributed by atoms with E-state index < -0.39 is 0 Å². The van der Waals surface area contributed by atoms with E-state index in [9.17, 15) is 0 Å². The second-order valence-corrected chi connectivity index (χ2v) is 4.29. The lowest BCUT2D eigenvalue weighted by Gasteiger charge is -2.00. The Morgan fingerprint density at radius 3 is 2.41 bits per heavy atom. The molecule has 0 radical (unpaired) electrons. The third-order valence-electron chi connectivity index (χ3n) is 3.12. The summed E-state index contributed by atoms with van der Waals surface area (Å²) in [5, 5.41) is 1.28. The molecule has 0 aliphatic heterocycles. The third-order valence-corrected chi connectivity index (χ3v) is 3.12. The van der Waals surface area contributed by atoms with Gasteiger partial charge in [-0.25, -0.2) is 0 Å². The summed E-state index contributed by atoms with van der Waals surface area (Å²) in [5.41, 5.74) is 10.2. The number of hydrogen-bond acceptors (Lipinski definition) is 1. The first-order chi connectivity index (χ1) is 8.25. The second-order valence-electron chi connectivity index (χ2n) is 4.29. The lowest BCUT2D eigenvalue weighted by molar-refractivity contribution is 0.970. The smallest absolute Gasteiger partial charge is 0.0484 e. The Morgan fingerprint density at radius 2 is 1.65 bits per heavy atom. The van der Waals surface area contributed by atoms with E-state index in [4.69, 9.17) is 5.73 Å². The zero-order chi connectivity index (χ0) is 11.8. The van der Waals surface area contributed by atoms with Gasteiger partial charge in [-0.3, -0.25) is 0 Å². The fourth-order valence-corrected chi connectivity index (χ4v) is 2.23. The van der Waals surface area contributed by atoms with Gasteiger partial charge < -0.3 is 10.3 Å². The molecule has 2 nitrogen and oxygen atoms in total. The molecule has 17 heavy (non-hydrogen) atoms. The van der Waals surface area contributed by atoms with E-state index in [1.165, 1.54) is 22.0 Å². The number of aryl methyl sites for hydroxylation is 1. The molecule has 2 heteroatoms. The van der Waals surface area contributed by atoms with Crippen molar-refractivity contribution in [2.45, 2.75) is 0 Å². The van der Waals surface area contributed by atoms with Crippen molar-refractivity contribution in [3.8, 4) is 11.1 Å². The first-order valence-electron chi connectivity index (χ1n) is 5.66. The van der Waals surface area contributed by atoms with Gasteiger partial charge in [0.1, 0.15) is 0 Å². The van der Waals surface area contributed by atoms with Gasteiger partial charge in [-0.15, -0.1) is 0 Å². The van der Waals surface area contributed by atoms with Gasteiger partial charge >= 0.3 is 0 Å². The Bertz CT molecular complexity index is 663. The van der Waals surface area contributed by atoms with Gasteiger partial charge in [0.05, 0.1) is 0 Å². The topological polar surface area (TPSA) is 30.9 Å². The molecule has 0 saturated carbocycles. The average molecular weight is 222 g/mol. The lowest BCUT2D eigenvalue weighted by atomic mass is 10.0. The van der Waals surface area contributed by atoms with E-state index in [-0.39, 0.29) is 0 Å². The van der Waals surface area contributed by atoms with E-state index in [1.54, 1.807) is 0 Å². The van der Waals surface area contributed by atoms with Crippen LogP contribution < -0.4 is 5.73 Å². The van der Waals surface area contributed by atoms with Crippen molar-refractivity contribution >= 4 is 16.6 Å². The second kappa shape index (κ2) is 3.67. The molecular weight excluding hydrogens is 208 g/mol. The fourth-order valence-electron chi connectivity index (χ4n) is 2.23. The Balaban J connectivity index is 2.27. The van der Waals surface area contributed by atoms with Crippen LogP contribution in [0.15, 0.2) is 54.7 Å². The Kier molecular flexibility index (Phi) is 2.15. The van der Waals surface area contributed by atoms with E-state index >= 15 is 0 Å². The average Bonchev–Trinajstić information content (AvgIpc) is 2.69. The summed E-state index contributed by atoms with van der Waals surface area (Å²) < 4.78 is 2.15.